The molecule has 0 radical (unpaired) electrons. The smallest absolute Gasteiger partial charge is 0.255 e. The van der Waals surface area contributed by atoms with Gasteiger partial charge in [-0.05, 0) is 61.7 Å². The van der Waals surface area contributed by atoms with Crippen LogP contribution in [-0.2, 0) is 14.8 Å². The third-order valence-electron chi connectivity index (χ3n) is 6.13. The molecule has 8 heteroatoms. The summed E-state index contributed by atoms with van der Waals surface area (Å²) in [6, 6.07) is 12.5. The number of benzene rings is 2. The molecule has 2 aromatic carbocycles. The Bertz CT molecular complexity index is 1040. The summed E-state index contributed by atoms with van der Waals surface area (Å²) < 4.78 is 33.5. The highest BCUT2D eigenvalue weighted by molar-refractivity contribution is 7.89. The van der Waals surface area contributed by atoms with E-state index in [2.05, 4.69) is 10.2 Å². The molecule has 2 aliphatic rings. The van der Waals surface area contributed by atoms with Gasteiger partial charge in [0, 0.05) is 43.1 Å². The molecule has 1 amide bonds. The maximum Gasteiger partial charge on any atom is 0.255 e. The van der Waals surface area contributed by atoms with Crippen molar-refractivity contribution in [2.45, 2.75) is 37.5 Å². The summed E-state index contributed by atoms with van der Waals surface area (Å²) >= 11 is 0. The second-order valence-corrected chi connectivity index (χ2v) is 10.3. The molecular formula is C24H31N3O4S. The number of morpholine rings is 1. The molecule has 0 aromatic heterocycles. The van der Waals surface area contributed by atoms with E-state index in [1.54, 1.807) is 41.6 Å². The Morgan fingerprint density at radius 1 is 0.906 bits per heavy atom. The number of nitrogens with zero attached hydrogens (tertiary/aromatic N) is 2. The Labute approximate surface area is 190 Å². The lowest BCUT2D eigenvalue weighted by Gasteiger charge is -2.28. The van der Waals surface area contributed by atoms with Gasteiger partial charge in [0.2, 0.25) is 10.0 Å². The first-order valence-electron chi connectivity index (χ1n) is 11.3. The Kier molecular flexibility index (Phi) is 7.13. The predicted octanol–water partition coefficient (Wildman–Crippen LogP) is 3.65. The molecule has 2 saturated heterocycles. The molecule has 0 aliphatic carbocycles. The number of carbonyl (C=O) groups excluding carboxylic acids is 1. The summed E-state index contributed by atoms with van der Waals surface area (Å²) in [6.45, 7) is 5.98. The molecule has 2 aromatic rings. The number of hydrogen-bond acceptors (Lipinski definition) is 5. The molecule has 172 valence electrons. The average molecular weight is 458 g/mol. The lowest BCUT2D eigenvalue weighted by Crippen LogP contribution is -2.36. The lowest BCUT2D eigenvalue weighted by atomic mass is 10.1. The van der Waals surface area contributed by atoms with Crippen LogP contribution in [0.3, 0.4) is 0 Å². The predicted molar refractivity (Wildman–Crippen MR) is 126 cm³/mol. The zero-order valence-corrected chi connectivity index (χ0v) is 19.4. The molecule has 1 N–H and O–H groups in total. The van der Waals surface area contributed by atoms with Gasteiger partial charge in [-0.25, -0.2) is 8.42 Å². The van der Waals surface area contributed by atoms with Crippen LogP contribution < -0.4 is 10.2 Å². The van der Waals surface area contributed by atoms with Gasteiger partial charge in [-0.15, -0.1) is 0 Å². The SMILES string of the molecule is Cc1ccc(NC(=O)c2ccc(N3CCOCC3)cc2)cc1S(=O)(=O)N1CCCCCC1. The van der Waals surface area contributed by atoms with E-state index in [4.69, 9.17) is 4.74 Å². The van der Waals surface area contributed by atoms with Crippen LogP contribution in [0.15, 0.2) is 47.4 Å². The number of sulfonamides is 1. The molecule has 0 atom stereocenters. The van der Waals surface area contributed by atoms with Crippen molar-refractivity contribution < 1.29 is 17.9 Å². The summed E-state index contributed by atoms with van der Waals surface area (Å²) in [5, 5.41) is 2.86. The van der Waals surface area contributed by atoms with Crippen molar-refractivity contribution in [2.24, 2.45) is 0 Å². The van der Waals surface area contributed by atoms with Gasteiger partial charge in [0.15, 0.2) is 0 Å². The molecule has 4 rings (SSSR count). The van der Waals surface area contributed by atoms with Crippen molar-refractivity contribution in [1.82, 2.24) is 4.31 Å². The minimum atomic E-state index is -3.59. The maximum atomic E-state index is 13.3. The number of hydrogen-bond donors (Lipinski definition) is 1. The van der Waals surface area contributed by atoms with Gasteiger partial charge in [-0.2, -0.15) is 4.31 Å². The Balaban J connectivity index is 1.49. The van der Waals surface area contributed by atoms with E-state index in [9.17, 15) is 13.2 Å². The van der Waals surface area contributed by atoms with Crippen molar-refractivity contribution in [3.8, 4) is 0 Å². The van der Waals surface area contributed by atoms with Gasteiger partial charge >= 0.3 is 0 Å². The molecule has 2 aliphatic heterocycles. The summed E-state index contributed by atoms with van der Waals surface area (Å²) in [5.74, 6) is -0.263. The Morgan fingerprint density at radius 2 is 1.56 bits per heavy atom. The molecule has 0 spiro atoms. The molecule has 0 saturated carbocycles. The monoisotopic (exact) mass is 457 g/mol. The van der Waals surface area contributed by atoms with Gasteiger partial charge in [-0.1, -0.05) is 18.9 Å². The number of anilines is 2. The molecule has 0 bridgehead atoms. The van der Waals surface area contributed by atoms with Crippen LogP contribution in [0.25, 0.3) is 0 Å². The molecule has 32 heavy (non-hydrogen) atoms. The lowest BCUT2D eigenvalue weighted by molar-refractivity contribution is 0.102. The molecule has 0 unspecified atom stereocenters. The molecule has 2 heterocycles. The quantitative estimate of drug-likeness (QED) is 0.742. The number of nitrogens with one attached hydrogen (secondary N) is 1. The minimum Gasteiger partial charge on any atom is -0.378 e. The molecular weight excluding hydrogens is 426 g/mol. The largest absolute Gasteiger partial charge is 0.378 e. The van der Waals surface area contributed by atoms with E-state index in [0.717, 1.165) is 44.5 Å². The highest BCUT2D eigenvalue weighted by atomic mass is 32.2. The fourth-order valence-electron chi connectivity index (χ4n) is 4.23. The first-order chi connectivity index (χ1) is 15.4. The number of carbonyl (C=O) groups is 1. The van der Waals surface area contributed by atoms with Gasteiger partial charge < -0.3 is 15.0 Å². The van der Waals surface area contributed by atoms with E-state index < -0.39 is 10.0 Å². The van der Waals surface area contributed by atoms with Crippen LogP contribution in [0, 0.1) is 6.92 Å². The number of amides is 1. The topological polar surface area (TPSA) is 79.0 Å². The van der Waals surface area contributed by atoms with E-state index in [1.165, 1.54) is 0 Å². The number of aryl methyl sites for hydroxylation is 1. The highest BCUT2D eigenvalue weighted by Crippen LogP contribution is 2.26. The normalized spacial score (nSPS) is 18.2. The Hall–Kier alpha value is -2.42. The second-order valence-electron chi connectivity index (χ2n) is 8.40. The van der Waals surface area contributed by atoms with Crippen LogP contribution in [0.2, 0.25) is 0 Å². The first-order valence-corrected chi connectivity index (χ1v) is 12.7. The Morgan fingerprint density at radius 3 is 2.22 bits per heavy atom. The summed E-state index contributed by atoms with van der Waals surface area (Å²) in [7, 11) is -3.59. The fourth-order valence-corrected chi connectivity index (χ4v) is 5.99. The van der Waals surface area contributed by atoms with Crippen molar-refractivity contribution in [3.63, 3.8) is 0 Å². The third-order valence-corrected chi connectivity index (χ3v) is 8.18. The van der Waals surface area contributed by atoms with E-state index in [1.807, 2.05) is 12.1 Å². The fraction of sp³-hybridized carbons (Fsp3) is 0.458. The van der Waals surface area contributed by atoms with Crippen molar-refractivity contribution in [1.29, 1.82) is 0 Å². The second kappa shape index (κ2) is 10.0. The number of ether oxygens (including phenoxy) is 1. The minimum absolute atomic E-state index is 0.263. The molecule has 2 fully saturated rings. The van der Waals surface area contributed by atoms with Crippen molar-refractivity contribution in [2.75, 3.05) is 49.6 Å². The maximum absolute atomic E-state index is 13.3. The van der Waals surface area contributed by atoms with E-state index in [-0.39, 0.29) is 10.8 Å². The van der Waals surface area contributed by atoms with Gasteiger partial charge in [0.05, 0.1) is 18.1 Å². The standard InChI is InChI=1S/C24H31N3O4S/c1-19-6-9-21(18-23(19)32(29,30)27-12-4-2-3-5-13-27)25-24(28)20-7-10-22(11-8-20)26-14-16-31-17-15-26/h6-11,18H,2-5,12-17H2,1H3,(H,25,28). The van der Waals surface area contributed by atoms with Gasteiger partial charge in [-0.3, -0.25) is 4.79 Å². The zero-order chi connectivity index (χ0) is 22.6. The first kappa shape index (κ1) is 22.8. The zero-order valence-electron chi connectivity index (χ0n) is 18.5. The van der Waals surface area contributed by atoms with E-state index in [0.29, 0.717) is 43.1 Å². The van der Waals surface area contributed by atoms with Gasteiger partial charge in [0.25, 0.3) is 5.91 Å². The van der Waals surface area contributed by atoms with Crippen molar-refractivity contribution in [3.05, 3.63) is 53.6 Å². The van der Waals surface area contributed by atoms with Crippen LogP contribution in [-0.4, -0.2) is 58.0 Å². The highest BCUT2D eigenvalue weighted by Gasteiger charge is 2.27. The summed E-state index contributed by atoms with van der Waals surface area (Å²) in [5.41, 5.74) is 2.75. The van der Waals surface area contributed by atoms with Gasteiger partial charge in [0.1, 0.15) is 0 Å². The average Bonchev–Trinajstić information content (AvgIpc) is 3.11. The van der Waals surface area contributed by atoms with E-state index >= 15 is 0 Å². The third kappa shape index (κ3) is 5.14. The molecule has 7 nitrogen and oxygen atoms in total. The van der Waals surface area contributed by atoms with Crippen molar-refractivity contribution >= 4 is 27.3 Å². The summed E-state index contributed by atoms with van der Waals surface area (Å²) in [4.78, 5) is 15.3. The van der Waals surface area contributed by atoms with Crippen LogP contribution in [0.5, 0.6) is 0 Å². The number of rotatable bonds is 5. The summed E-state index contributed by atoms with van der Waals surface area (Å²) in [6.07, 6.45) is 3.89. The van der Waals surface area contributed by atoms with Crippen LogP contribution in [0.1, 0.15) is 41.6 Å². The van der Waals surface area contributed by atoms with Crippen LogP contribution in [0.4, 0.5) is 11.4 Å². The van der Waals surface area contributed by atoms with Crippen LogP contribution >= 0.6 is 0 Å².